The summed E-state index contributed by atoms with van der Waals surface area (Å²) < 4.78 is 5.34. The predicted molar refractivity (Wildman–Crippen MR) is 81.0 cm³/mol. The van der Waals surface area contributed by atoms with E-state index in [-0.39, 0.29) is 18.4 Å². The average molecular weight is 292 g/mol. The summed E-state index contributed by atoms with van der Waals surface area (Å²) in [5.41, 5.74) is 0.959. The molecule has 1 heterocycles. The van der Waals surface area contributed by atoms with Crippen LogP contribution in [0.2, 0.25) is 0 Å². The van der Waals surface area contributed by atoms with Crippen molar-refractivity contribution in [2.75, 3.05) is 33.4 Å². The number of aliphatic hydroxyl groups excluding tert-OH is 1. The standard InChI is InChI=1S/C16H24N2O3/c1-12-9-17-10-14(12)16(20)18(7-8-19)11-13-5-3-4-6-15(13)21-2/h3-6,12,14,17,19H,7-11H2,1-2H3/t12-,14-/m1/s1. The molecule has 2 rings (SSSR count). The number of amides is 1. The van der Waals surface area contributed by atoms with E-state index < -0.39 is 0 Å². The molecule has 0 saturated carbocycles. The second kappa shape index (κ2) is 7.43. The summed E-state index contributed by atoms with van der Waals surface area (Å²) in [5.74, 6) is 1.20. The normalized spacial score (nSPS) is 21.3. The third-order valence-corrected chi connectivity index (χ3v) is 4.07. The molecule has 1 fully saturated rings. The first-order chi connectivity index (χ1) is 10.2. The fraction of sp³-hybridized carbons (Fsp3) is 0.562. The summed E-state index contributed by atoms with van der Waals surface area (Å²) in [6.07, 6.45) is 0. The molecule has 5 nitrogen and oxygen atoms in total. The maximum absolute atomic E-state index is 12.7. The Kier molecular flexibility index (Phi) is 5.59. The van der Waals surface area contributed by atoms with Gasteiger partial charge in [0.2, 0.25) is 5.91 Å². The molecule has 2 atom stereocenters. The molecule has 1 aliphatic heterocycles. The van der Waals surface area contributed by atoms with E-state index in [0.29, 0.717) is 25.6 Å². The highest BCUT2D eigenvalue weighted by molar-refractivity contribution is 5.79. The van der Waals surface area contributed by atoms with E-state index in [9.17, 15) is 9.90 Å². The van der Waals surface area contributed by atoms with Gasteiger partial charge in [-0.3, -0.25) is 4.79 Å². The number of hydrogen-bond acceptors (Lipinski definition) is 4. The molecule has 1 saturated heterocycles. The van der Waals surface area contributed by atoms with Crippen molar-refractivity contribution in [1.82, 2.24) is 10.2 Å². The molecule has 1 amide bonds. The van der Waals surface area contributed by atoms with Gasteiger partial charge in [-0.25, -0.2) is 0 Å². The van der Waals surface area contributed by atoms with E-state index in [1.165, 1.54) is 0 Å². The monoisotopic (exact) mass is 292 g/mol. The summed E-state index contributed by atoms with van der Waals surface area (Å²) in [6, 6.07) is 7.67. The van der Waals surface area contributed by atoms with Crippen LogP contribution in [0.15, 0.2) is 24.3 Å². The molecule has 1 aromatic rings. The second-order valence-electron chi connectivity index (χ2n) is 5.54. The van der Waals surface area contributed by atoms with Gasteiger partial charge in [-0.15, -0.1) is 0 Å². The zero-order valence-electron chi connectivity index (χ0n) is 12.7. The summed E-state index contributed by atoms with van der Waals surface area (Å²) >= 11 is 0. The molecule has 0 spiro atoms. The minimum absolute atomic E-state index is 0.00810. The Hall–Kier alpha value is -1.59. The first-order valence-corrected chi connectivity index (χ1v) is 7.39. The smallest absolute Gasteiger partial charge is 0.227 e. The van der Waals surface area contributed by atoms with E-state index in [2.05, 4.69) is 12.2 Å². The maximum atomic E-state index is 12.7. The van der Waals surface area contributed by atoms with Gasteiger partial charge in [-0.2, -0.15) is 0 Å². The molecule has 0 radical (unpaired) electrons. The van der Waals surface area contributed by atoms with Crippen LogP contribution in [0.5, 0.6) is 5.75 Å². The van der Waals surface area contributed by atoms with Crippen molar-refractivity contribution < 1.29 is 14.6 Å². The summed E-state index contributed by atoms with van der Waals surface area (Å²) in [5, 5.41) is 12.5. The lowest BCUT2D eigenvalue weighted by Gasteiger charge is -2.27. The number of aliphatic hydroxyl groups is 1. The fourth-order valence-electron chi connectivity index (χ4n) is 2.80. The SMILES string of the molecule is COc1ccccc1CN(CCO)C(=O)[C@@H]1CNC[C@H]1C. The first kappa shape index (κ1) is 15.8. The Morgan fingerprint density at radius 2 is 2.19 bits per heavy atom. The molecule has 116 valence electrons. The Morgan fingerprint density at radius 3 is 2.81 bits per heavy atom. The van der Waals surface area contributed by atoms with Crippen LogP contribution >= 0.6 is 0 Å². The average Bonchev–Trinajstić information content (AvgIpc) is 2.92. The molecule has 2 N–H and O–H groups in total. The zero-order valence-corrected chi connectivity index (χ0v) is 12.7. The lowest BCUT2D eigenvalue weighted by molar-refractivity contribution is -0.137. The van der Waals surface area contributed by atoms with Crippen LogP contribution in [0, 0.1) is 11.8 Å². The quantitative estimate of drug-likeness (QED) is 0.817. The van der Waals surface area contributed by atoms with Crippen LogP contribution < -0.4 is 10.1 Å². The molecule has 0 bridgehead atoms. The highest BCUT2D eigenvalue weighted by atomic mass is 16.5. The van der Waals surface area contributed by atoms with E-state index in [4.69, 9.17) is 4.74 Å². The first-order valence-electron chi connectivity index (χ1n) is 7.39. The zero-order chi connectivity index (χ0) is 15.2. The van der Waals surface area contributed by atoms with Crippen molar-refractivity contribution in [3.8, 4) is 5.75 Å². The van der Waals surface area contributed by atoms with E-state index >= 15 is 0 Å². The van der Waals surface area contributed by atoms with Crippen molar-refractivity contribution in [3.05, 3.63) is 29.8 Å². The molecule has 1 aromatic carbocycles. The highest BCUT2D eigenvalue weighted by Crippen LogP contribution is 2.23. The number of nitrogens with one attached hydrogen (secondary N) is 1. The second-order valence-corrected chi connectivity index (χ2v) is 5.54. The number of hydrogen-bond donors (Lipinski definition) is 2. The molecule has 1 aliphatic rings. The topological polar surface area (TPSA) is 61.8 Å². The lowest BCUT2D eigenvalue weighted by Crippen LogP contribution is -2.40. The van der Waals surface area contributed by atoms with Gasteiger partial charge in [-0.05, 0) is 18.5 Å². The van der Waals surface area contributed by atoms with Gasteiger partial charge in [-0.1, -0.05) is 25.1 Å². The van der Waals surface area contributed by atoms with Crippen LogP contribution in [0.25, 0.3) is 0 Å². The van der Waals surface area contributed by atoms with Gasteiger partial charge >= 0.3 is 0 Å². The van der Waals surface area contributed by atoms with Crippen molar-refractivity contribution >= 4 is 5.91 Å². The predicted octanol–water partition coefficient (Wildman–Crippen LogP) is 0.872. The highest BCUT2D eigenvalue weighted by Gasteiger charge is 2.32. The third kappa shape index (κ3) is 3.74. The molecule has 0 aliphatic carbocycles. The molecular weight excluding hydrogens is 268 g/mol. The van der Waals surface area contributed by atoms with Gasteiger partial charge in [0.05, 0.1) is 19.6 Å². The number of benzene rings is 1. The van der Waals surface area contributed by atoms with E-state index in [0.717, 1.165) is 17.9 Å². The number of ether oxygens (including phenoxy) is 1. The Balaban J connectivity index is 2.13. The van der Waals surface area contributed by atoms with Gasteiger partial charge in [0, 0.05) is 25.2 Å². The van der Waals surface area contributed by atoms with Crippen molar-refractivity contribution in [3.63, 3.8) is 0 Å². The van der Waals surface area contributed by atoms with Crippen molar-refractivity contribution in [1.29, 1.82) is 0 Å². The summed E-state index contributed by atoms with van der Waals surface area (Å²) in [7, 11) is 1.63. The molecule has 21 heavy (non-hydrogen) atoms. The minimum Gasteiger partial charge on any atom is -0.496 e. The maximum Gasteiger partial charge on any atom is 0.227 e. The van der Waals surface area contributed by atoms with E-state index in [1.807, 2.05) is 24.3 Å². The number of methoxy groups -OCH3 is 1. The van der Waals surface area contributed by atoms with Crippen LogP contribution in [0.3, 0.4) is 0 Å². The number of nitrogens with zero attached hydrogens (tertiary/aromatic N) is 1. The molecule has 0 aromatic heterocycles. The minimum atomic E-state index is -0.0323. The van der Waals surface area contributed by atoms with Gasteiger partial charge < -0.3 is 20.1 Å². The van der Waals surface area contributed by atoms with Gasteiger partial charge in [0.15, 0.2) is 0 Å². The van der Waals surface area contributed by atoms with Gasteiger partial charge in [0.1, 0.15) is 5.75 Å². The van der Waals surface area contributed by atoms with Crippen molar-refractivity contribution in [2.24, 2.45) is 11.8 Å². The van der Waals surface area contributed by atoms with Crippen LogP contribution in [-0.2, 0) is 11.3 Å². The summed E-state index contributed by atoms with van der Waals surface area (Å²) in [4.78, 5) is 14.4. The van der Waals surface area contributed by atoms with Crippen LogP contribution in [0.1, 0.15) is 12.5 Å². The number of carbonyl (C=O) groups is 1. The van der Waals surface area contributed by atoms with Gasteiger partial charge in [0.25, 0.3) is 0 Å². The molecule has 5 heteroatoms. The largest absolute Gasteiger partial charge is 0.496 e. The lowest BCUT2D eigenvalue weighted by atomic mass is 9.96. The number of rotatable bonds is 6. The van der Waals surface area contributed by atoms with Crippen molar-refractivity contribution in [2.45, 2.75) is 13.5 Å². The fourth-order valence-corrected chi connectivity index (χ4v) is 2.80. The van der Waals surface area contributed by atoms with E-state index in [1.54, 1.807) is 12.0 Å². The molecular formula is C16H24N2O3. The molecule has 0 unspecified atom stereocenters. The Bertz CT molecular complexity index is 478. The number of para-hydroxylation sites is 1. The summed E-state index contributed by atoms with van der Waals surface area (Å²) in [6.45, 7) is 4.46. The third-order valence-electron chi connectivity index (χ3n) is 4.07. The van der Waals surface area contributed by atoms with Crippen LogP contribution in [-0.4, -0.2) is 49.3 Å². The number of carbonyl (C=O) groups excluding carboxylic acids is 1. The Labute approximate surface area is 125 Å². The van der Waals surface area contributed by atoms with Crippen LogP contribution in [0.4, 0.5) is 0 Å². The Morgan fingerprint density at radius 1 is 1.43 bits per heavy atom.